The maximum Gasteiger partial charge on any atom is 0.306 e. The molecule has 1 unspecified atom stereocenters. The molecule has 0 spiro atoms. The Morgan fingerprint density at radius 1 is 1.45 bits per heavy atom. The van der Waals surface area contributed by atoms with Crippen molar-refractivity contribution in [2.24, 2.45) is 5.92 Å². The van der Waals surface area contributed by atoms with Gasteiger partial charge in [0, 0.05) is 0 Å². The standard InChI is InChI=1S/C7H11FO3/c8-5-3-4(7(10)11)1-2-6(5)9/h4-6,9H,1-3H2,(H,10,11)/t4-,5?,6-/m0/s1. The summed E-state index contributed by atoms with van der Waals surface area (Å²) in [5, 5.41) is 17.4. The second kappa shape index (κ2) is 3.17. The topological polar surface area (TPSA) is 57.5 Å². The van der Waals surface area contributed by atoms with Crippen LogP contribution < -0.4 is 0 Å². The Kier molecular flexibility index (Phi) is 2.44. The van der Waals surface area contributed by atoms with Crippen LogP contribution >= 0.6 is 0 Å². The monoisotopic (exact) mass is 162 g/mol. The molecule has 0 aromatic rings. The number of carboxylic acids is 1. The summed E-state index contributed by atoms with van der Waals surface area (Å²) in [6.07, 6.45) is -1.71. The highest BCUT2D eigenvalue weighted by atomic mass is 19.1. The smallest absolute Gasteiger partial charge is 0.306 e. The minimum absolute atomic E-state index is 0.0451. The van der Waals surface area contributed by atoms with Gasteiger partial charge in [0.15, 0.2) is 0 Å². The van der Waals surface area contributed by atoms with Gasteiger partial charge in [0.25, 0.3) is 0 Å². The molecule has 1 saturated carbocycles. The molecular formula is C7H11FO3. The Balaban J connectivity index is 2.46. The first-order valence-corrected chi connectivity index (χ1v) is 3.66. The third-order valence-electron chi connectivity index (χ3n) is 2.09. The van der Waals surface area contributed by atoms with Gasteiger partial charge in [-0.1, -0.05) is 0 Å². The van der Waals surface area contributed by atoms with E-state index in [1.54, 1.807) is 0 Å². The number of aliphatic carboxylic acids is 1. The van der Waals surface area contributed by atoms with E-state index in [-0.39, 0.29) is 12.8 Å². The fraction of sp³-hybridized carbons (Fsp3) is 0.857. The summed E-state index contributed by atoms with van der Waals surface area (Å²) in [5.74, 6) is -1.56. The summed E-state index contributed by atoms with van der Waals surface area (Å²) in [4.78, 5) is 10.4. The first-order chi connectivity index (χ1) is 5.11. The quantitative estimate of drug-likeness (QED) is 0.592. The molecule has 0 amide bonds. The van der Waals surface area contributed by atoms with Crippen molar-refractivity contribution in [2.45, 2.75) is 31.5 Å². The second-order valence-corrected chi connectivity index (χ2v) is 2.93. The number of halogens is 1. The van der Waals surface area contributed by atoms with Gasteiger partial charge >= 0.3 is 5.97 Å². The highest BCUT2D eigenvalue weighted by molar-refractivity contribution is 5.70. The van der Waals surface area contributed by atoms with Crippen molar-refractivity contribution in [3.05, 3.63) is 0 Å². The minimum atomic E-state index is -1.36. The fourth-order valence-electron chi connectivity index (χ4n) is 1.32. The predicted molar refractivity (Wildman–Crippen MR) is 35.9 cm³/mol. The van der Waals surface area contributed by atoms with Gasteiger partial charge in [-0.2, -0.15) is 0 Å². The number of carbonyl (C=O) groups is 1. The van der Waals surface area contributed by atoms with Crippen LogP contribution in [0.4, 0.5) is 4.39 Å². The highest BCUT2D eigenvalue weighted by Crippen LogP contribution is 2.26. The Labute approximate surface area is 63.8 Å². The Morgan fingerprint density at radius 3 is 2.55 bits per heavy atom. The zero-order valence-electron chi connectivity index (χ0n) is 6.03. The lowest BCUT2D eigenvalue weighted by atomic mass is 9.86. The van der Waals surface area contributed by atoms with Crippen LogP contribution in [0.5, 0.6) is 0 Å². The van der Waals surface area contributed by atoms with Gasteiger partial charge in [-0.15, -0.1) is 0 Å². The average Bonchev–Trinajstić information content (AvgIpc) is 1.94. The third kappa shape index (κ3) is 1.89. The Bertz CT molecular complexity index is 160. The van der Waals surface area contributed by atoms with Gasteiger partial charge < -0.3 is 10.2 Å². The molecule has 3 atom stereocenters. The van der Waals surface area contributed by atoms with Crippen LogP contribution in [-0.2, 0) is 4.79 Å². The molecule has 11 heavy (non-hydrogen) atoms. The van der Waals surface area contributed by atoms with Crippen molar-refractivity contribution in [2.75, 3.05) is 0 Å². The van der Waals surface area contributed by atoms with Crippen LogP contribution in [0.3, 0.4) is 0 Å². The average molecular weight is 162 g/mol. The van der Waals surface area contributed by atoms with Crippen molar-refractivity contribution >= 4 is 5.97 Å². The molecule has 1 rings (SSSR count). The van der Waals surface area contributed by atoms with Crippen LogP contribution in [0.1, 0.15) is 19.3 Å². The molecule has 2 N–H and O–H groups in total. The lowest BCUT2D eigenvalue weighted by Gasteiger charge is -2.25. The molecule has 1 fully saturated rings. The summed E-state index contributed by atoms with van der Waals surface area (Å²) >= 11 is 0. The van der Waals surface area contributed by atoms with E-state index in [1.807, 2.05) is 0 Å². The van der Waals surface area contributed by atoms with E-state index in [2.05, 4.69) is 0 Å². The maximum absolute atomic E-state index is 12.7. The van der Waals surface area contributed by atoms with Crippen LogP contribution in [0.25, 0.3) is 0 Å². The van der Waals surface area contributed by atoms with Crippen molar-refractivity contribution < 1.29 is 19.4 Å². The SMILES string of the molecule is O=C(O)[C@H]1CC[C@H](O)C(F)C1. The van der Waals surface area contributed by atoms with E-state index in [4.69, 9.17) is 10.2 Å². The molecule has 64 valence electrons. The number of hydrogen-bond acceptors (Lipinski definition) is 2. The maximum atomic E-state index is 12.7. The molecule has 0 radical (unpaired) electrons. The fourth-order valence-corrected chi connectivity index (χ4v) is 1.32. The van der Waals surface area contributed by atoms with E-state index in [9.17, 15) is 9.18 Å². The van der Waals surface area contributed by atoms with Crippen molar-refractivity contribution in [3.8, 4) is 0 Å². The van der Waals surface area contributed by atoms with Gasteiger partial charge in [-0.25, -0.2) is 4.39 Å². The van der Waals surface area contributed by atoms with Crippen LogP contribution in [0.15, 0.2) is 0 Å². The lowest BCUT2D eigenvalue weighted by Crippen LogP contribution is -2.33. The van der Waals surface area contributed by atoms with E-state index < -0.39 is 24.2 Å². The number of rotatable bonds is 1. The lowest BCUT2D eigenvalue weighted by molar-refractivity contribution is -0.144. The predicted octanol–water partition coefficient (Wildman–Crippen LogP) is 0.570. The van der Waals surface area contributed by atoms with Gasteiger partial charge in [0.1, 0.15) is 6.17 Å². The molecule has 1 aliphatic rings. The van der Waals surface area contributed by atoms with Gasteiger partial charge in [-0.05, 0) is 19.3 Å². The summed E-state index contributed by atoms with van der Waals surface area (Å²) < 4.78 is 12.7. The van der Waals surface area contributed by atoms with E-state index in [1.165, 1.54) is 0 Å². The molecule has 0 saturated heterocycles. The third-order valence-corrected chi connectivity index (χ3v) is 2.09. The number of alkyl halides is 1. The summed E-state index contributed by atoms with van der Waals surface area (Å²) in [5.41, 5.74) is 0. The molecule has 0 aliphatic heterocycles. The zero-order chi connectivity index (χ0) is 8.43. The molecule has 4 heteroatoms. The second-order valence-electron chi connectivity index (χ2n) is 2.93. The molecule has 0 bridgehead atoms. The normalized spacial score (nSPS) is 38.5. The Hall–Kier alpha value is -0.640. The van der Waals surface area contributed by atoms with Crippen LogP contribution in [-0.4, -0.2) is 28.5 Å². The highest BCUT2D eigenvalue weighted by Gasteiger charge is 2.32. The summed E-state index contributed by atoms with van der Waals surface area (Å²) in [6, 6.07) is 0. The molecular weight excluding hydrogens is 151 g/mol. The first kappa shape index (κ1) is 8.46. The van der Waals surface area contributed by atoms with Gasteiger partial charge in [0.2, 0.25) is 0 Å². The summed E-state index contributed by atoms with van der Waals surface area (Å²) in [6.45, 7) is 0. The van der Waals surface area contributed by atoms with E-state index in [0.717, 1.165) is 0 Å². The molecule has 1 aliphatic carbocycles. The van der Waals surface area contributed by atoms with Gasteiger partial charge in [0.05, 0.1) is 12.0 Å². The van der Waals surface area contributed by atoms with E-state index in [0.29, 0.717) is 6.42 Å². The molecule has 0 aromatic carbocycles. The number of hydrogen-bond donors (Lipinski definition) is 2. The molecule has 0 heterocycles. The number of carboxylic acid groups (broad SMARTS) is 1. The van der Waals surface area contributed by atoms with Crippen molar-refractivity contribution in [1.82, 2.24) is 0 Å². The first-order valence-electron chi connectivity index (χ1n) is 3.66. The van der Waals surface area contributed by atoms with Gasteiger partial charge in [-0.3, -0.25) is 4.79 Å². The van der Waals surface area contributed by atoms with E-state index >= 15 is 0 Å². The minimum Gasteiger partial charge on any atom is -0.481 e. The largest absolute Gasteiger partial charge is 0.481 e. The summed E-state index contributed by atoms with van der Waals surface area (Å²) in [7, 11) is 0. The van der Waals surface area contributed by atoms with Crippen molar-refractivity contribution in [1.29, 1.82) is 0 Å². The van der Waals surface area contributed by atoms with Crippen LogP contribution in [0.2, 0.25) is 0 Å². The number of aliphatic hydroxyl groups excluding tert-OH is 1. The van der Waals surface area contributed by atoms with Crippen molar-refractivity contribution in [3.63, 3.8) is 0 Å². The molecule has 0 aromatic heterocycles. The Morgan fingerprint density at radius 2 is 2.09 bits per heavy atom. The molecule has 3 nitrogen and oxygen atoms in total. The zero-order valence-corrected chi connectivity index (χ0v) is 6.03. The number of aliphatic hydroxyl groups is 1. The van der Waals surface area contributed by atoms with Crippen LogP contribution in [0, 0.1) is 5.92 Å².